The van der Waals surface area contributed by atoms with E-state index in [2.05, 4.69) is 4.90 Å². The van der Waals surface area contributed by atoms with Gasteiger partial charge < -0.3 is 10.6 Å². The Balaban J connectivity index is 1.85. The predicted octanol–water partition coefficient (Wildman–Crippen LogP) is 2.72. The third-order valence-electron chi connectivity index (χ3n) is 4.92. The number of rotatable bonds is 3. The number of nitrogens with two attached hydrogens (primary N) is 1. The second-order valence-electron chi connectivity index (χ2n) is 6.02. The molecule has 100 valence electrons. The molecule has 0 radical (unpaired) electrons. The van der Waals surface area contributed by atoms with Gasteiger partial charge in [-0.15, -0.1) is 0 Å². The minimum atomic E-state index is -0.234. The van der Waals surface area contributed by atoms with Crippen LogP contribution in [0.3, 0.4) is 0 Å². The molecule has 17 heavy (non-hydrogen) atoms. The van der Waals surface area contributed by atoms with Gasteiger partial charge in [0, 0.05) is 18.0 Å². The summed E-state index contributed by atoms with van der Waals surface area (Å²) in [5.41, 5.74) is 5.55. The van der Waals surface area contributed by atoms with Gasteiger partial charge in [-0.25, -0.2) is 0 Å². The maximum atomic E-state index is 13.1. The molecule has 1 aliphatic carbocycles. The minimum Gasteiger partial charge on any atom is -0.330 e. The van der Waals surface area contributed by atoms with Gasteiger partial charge in [-0.3, -0.25) is 4.39 Å². The molecule has 3 heteroatoms. The maximum Gasteiger partial charge on any atom is 0.0963 e. The predicted molar refractivity (Wildman–Crippen MR) is 69.8 cm³/mol. The molecular weight excluding hydrogens is 215 g/mol. The lowest BCUT2D eigenvalue weighted by molar-refractivity contribution is 0.0543. The van der Waals surface area contributed by atoms with Gasteiger partial charge in [0.05, 0.1) is 6.67 Å². The summed E-state index contributed by atoms with van der Waals surface area (Å²) < 4.78 is 13.1. The first-order chi connectivity index (χ1) is 8.29. The normalized spacial score (nSPS) is 27.9. The number of hydrogen-bond acceptors (Lipinski definition) is 2. The zero-order valence-electron chi connectivity index (χ0n) is 11.0. The molecule has 1 saturated heterocycles. The lowest BCUT2D eigenvalue weighted by Crippen LogP contribution is -2.48. The average Bonchev–Trinajstić information content (AvgIpc) is 2.68. The first-order valence-electron chi connectivity index (χ1n) is 7.30. The summed E-state index contributed by atoms with van der Waals surface area (Å²) in [7, 11) is 0. The third kappa shape index (κ3) is 3.19. The van der Waals surface area contributed by atoms with Crippen LogP contribution in [0.1, 0.15) is 51.4 Å². The Kier molecular flexibility index (Phi) is 4.80. The van der Waals surface area contributed by atoms with Crippen molar-refractivity contribution < 1.29 is 4.39 Å². The van der Waals surface area contributed by atoms with Gasteiger partial charge in [0.1, 0.15) is 0 Å². The Morgan fingerprint density at radius 2 is 1.65 bits per heavy atom. The zero-order chi connectivity index (χ0) is 12.1. The highest BCUT2D eigenvalue weighted by Gasteiger charge is 2.35. The van der Waals surface area contributed by atoms with E-state index in [9.17, 15) is 4.39 Å². The van der Waals surface area contributed by atoms with Crippen molar-refractivity contribution in [3.63, 3.8) is 0 Å². The molecule has 0 bridgehead atoms. The van der Waals surface area contributed by atoms with E-state index in [4.69, 9.17) is 5.73 Å². The van der Waals surface area contributed by atoms with Crippen LogP contribution in [-0.4, -0.2) is 37.3 Å². The Hall–Kier alpha value is -0.150. The molecule has 0 amide bonds. The monoisotopic (exact) mass is 242 g/mol. The molecule has 0 atom stereocenters. The summed E-state index contributed by atoms with van der Waals surface area (Å²) in [4.78, 5) is 2.61. The summed E-state index contributed by atoms with van der Waals surface area (Å²) in [5, 5.41) is 0. The maximum absolute atomic E-state index is 13.1. The van der Waals surface area contributed by atoms with Gasteiger partial charge in [-0.05, 0) is 38.8 Å². The van der Waals surface area contributed by atoms with Crippen molar-refractivity contribution in [1.82, 2.24) is 4.90 Å². The van der Waals surface area contributed by atoms with Gasteiger partial charge in [-0.2, -0.15) is 0 Å². The van der Waals surface area contributed by atoms with E-state index in [1.807, 2.05) is 0 Å². The van der Waals surface area contributed by atoms with E-state index in [0.29, 0.717) is 6.54 Å². The second-order valence-corrected chi connectivity index (χ2v) is 6.02. The van der Waals surface area contributed by atoms with Crippen molar-refractivity contribution in [2.24, 2.45) is 11.1 Å². The molecule has 2 N–H and O–H groups in total. The summed E-state index contributed by atoms with van der Waals surface area (Å²) in [6.07, 6.45) is 10.2. The van der Waals surface area contributed by atoms with Gasteiger partial charge in [0.2, 0.25) is 0 Å². The molecule has 0 aromatic rings. The molecule has 2 fully saturated rings. The van der Waals surface area contributed by atoms with Crippen molar-refractivity contribution in [1.29, 1.82) is 0 Å². The van der Waals surface area contributed by atoms with Gasteiger partial charge in [-0.1, -0.05) is 25.7 Å². The zero-order valence-corrected chi connectivity index (χ0v) is 11.0. The number of hydrogen-bond donors (Lipinski definition) is 1. The van der Waals surface area contributed by atoms with Crippen LogP contribution < -0.4 is 5.73 Å². The van der Waals surface area contributed by atoms with Crippen molar-refractivity contribution in [2.45, 2.75) is 57.4 Å². The molecule has 1 saturated carbocycles. The van der Waals surface area contributed by atoms with E-state index in [-0.39, 0.29) is 12.1 Å². The quantitative estimate of drug-likeness (QED) is 0.771. The SMILES string of the molecule is NCC1(CF)CCN(C2CCCCCC2)CC1. The molecule has 0 aromatic heterocycles. The van der Waals surface area contributed by atoms with Gasteiger partial charge in [0.25, 0.3) is 0 Å². The van der Waals surface area contributed by atoms with E-state index >= 15 is 0 Å². The molecule has 0 unspecified atom stereocenters. The van der Waals surface area contributed by atoms with E-state index < -0.39 is 0 Å². The van der Waals surface area contributed by atoms with Crippen LogP contribution in [0, 0.1) is 5.41 Å². The first kappa shape index (κ1) is 13.3. The van der Waals surface area contributed by atoms with Crippen LogP contribution in [0.2, 0.25) is 0 Å². The van der Waals surface area contributed by atoms with E-state index in [0.717, 1.165) is 32.0 Å². The topological polar surface area (TPSA) is 29.3 Å². The molecular formula is C14H27FN2. The summed E-state index contributed by atoms with van der Waals surface area (Å²) in [5.74, 6) is 0. The lowest BCUT2D eigenvalue weighted by atomic mass is 9.79. The summed E-state index contributed by atoms with van der Waals surface area (Å²) in [6, 6.07) is 0.771. The number of halogens is 1. The molecule has 0 aromatic carbocycles. The van der Waals surface area contributed by atoms with Crippen LogP contribution in [0.5, 0.6) is 0 Å². The minimum absolute atomic E-state index is 0.193. The van der Waals surface area contributed by atoms with E-state index in [1.54, 1.807) is 0 Å². The first-order valence-corrected chi connectivity index (χ1v) is 7.30. The van der Waals surface area contributed by atoms with Gasteiger partial charge >= 0.3 is 0 Å². The molecule has 1 heterocycles. The molecule has 2 nitrogen and oxygen atoms in total. The highest BCUT2D eigenvalue weighted by molar-refractivity contribution is 4.89. The molecule has 2 aliphatic rings. The van der Waals surface area contributed by atoms with Crippen LogP contribution in [-0.2, 0) is 0 Å². The number of piperidine rings is 1. The van der Waals surface area contributed by atoms with Crippen molar-refractivity contribution >= 4 is 0 Å². The van der Waals surface area contributed by atoms with Crippen LogP contribution in [0.4, 0.5) is 4.39 Å². The largest absolute Gasteiger partial charge is 0.330 e. The van der Waals surface area contributed by atoms with Crippen molar-refractivity contribution in [3.8, 4) is 0 Å². The van der Waals surface area contributed by atoms with E-state index in [1.165, 1.54) is 38.5 Å². The molecule has 2 rings (SSSR count). The second kappa shape index (κ2) is 6.14. The van der Waals surface area contributed by atoms with Crippen molar-refractivity contribution in [2.75, 3.05) is 26.3 Å². The van der Waals surface area contributed by atoms with Crippen LogP contribution in [0.15, 0.2) is 0 Å². The van der Waals surface area contributed by atoms with Gasteiger partial charge in [0.15, 0.2) is 0 Å². The number of alkyl halides is 1. The van der Waals surface area contributed by atoms with Crippen LogP contribution >= 0.6 is 0 Å². The summed E-state index contributed by atoms with van der Waals surface area (Å²) >= 11 is 0. The molecule has 1 aliphatic heterocycles. The Labute approximate surface area is 105 Å². The fourth-order valence-corrected chi connectivity index (χ4v) is 3.38. The Bertz CT molecular complexity index is 210. The number of likely N-dealkylation sites (tertiary alicyclic amines) is 1. The highest BCUT2D eigenvalue weighted by atomic mass is 19.1. The third-order valence-corrected chi connectivity index (χ3v) is 4.92. The standard InChI is InChI=1S/C14H27FN2/c15-11-14(12-16)7-9-17(10-8-14)13-5-3-1-2-4-6-13/h13H,1-12,16H2. The number of nitrogens with zero attached hydrogens (tertiary/aromatic N) is 1. The summed E-state index contributed by atoms with van der Waals surface area (Å²) in [6.45, 7) is 2.40. The fourth-order valence-electron chi connectivity index (χ4n) is 3.38. The Morgan fingerprint density at radius 1 is 1.06 bits per heavy atom. The average molecular weight is 242 g/mol. The smallest absolute Gasteiger partial charge is 0.0963 e. The van der Waals surface area contributed by atoms with Crippen LogP contribution in [0.25, 0.3) is 0 Å². The molecule has 0 spiro atoms. The Morgan fingerprint density at radius 3 is 2.12 bits per heavy atom. The highest BCUT2D eigenvalue weighted by Crippen LogP contribution is 2.33. The fraction of sp³-hybridized carbons (Fsp3) is 1.00. The lowest BCUT2D eigenvalue weighted by Gasteiger charge is -2.42. The van der Waals surface area contributed by atoms with Crippen molar-refractivity contribution in [3.05, 3.63) is 0 Å².